The Morgan fingerprint density at radius 3 is 2.05 bits per heavy atom. The van der Waals surface area contributed by atoms with Gasteiger partial charge in [-0.05, 0) is 82.2 Å². The minimum absolute atomic E-state index is 0.0999. The maximum absolute atomic E-state index is 13.5. The Bertz CT molecular complexity index is 1260. The number of likely N-dealkylation sites (N-methyl/N-ethyl adjacent to an activating group) is 2. The van der Waals surface area contributed by atoms with E-state index in [2.05, 4.69) is 10.1 Å². The first-order chi connectivity index (χ1) is 20.8. The normalized spacial score (nSPS) is 16.7. The first kappa shape index (κ1) is 34.7. The van der Waals surface area contributed by atoms with Crippen molar-refractivity contribution >= 4 is 17.8 Å². The first-order valence-corrected chi connectivity index (χ1v) is 15.0. The third-order valence-corrected chi connectivity index (χ3v) is 8.06. The van der Waals surface area contributed by atoms with Crippen LogP contribution in [0.25, 0.3) is 0 Å². The summed E-state index contributed by atoms with van der Waals surface area (Å²) >= 11 is 0. The van der Waals surface area contributed by atoms with E-state index in [4.69, 9.17) is 4.74 Å². The molecule has 2 unspecified atom stereocenters. The van der Waals surface area contributed by atoms with Crippen LogP contribution in [0.2, 0.25) is 0 Å². The molecule has 242 valence electrons. The van der Waals surface area contributed by atoms with Crippen LogP contribution in [0.3, 0.4) is 0 Å². The number of imide groups is 1. The molecule has 1 N–H and O–H groups in total. The lowest BCUT2D eigenvalue weighted by molar-refractivity contribution is -0.274. The number of β-lactam (4-membered cyclic amide) rings is 1. The van der Waals surface area contributed by atoms with Gasteiger partial charge >= 0.3 is 12.4 Å². The fourth-order valence-electron chi connectivity index (χ4n) is 5.34. The summed E-state index contributed by atoms with van der Waals surface area (Å²) in [6.45, 7) is 9.47. The van der Waals surface area contributed by atoms with Gasteiger partial charge in [0.15, 0.2) is 6.23 Å². The van der Waals surface area contributed by atoms with Crippen LogP contribution in [0.15, 0.2) is 48.5 Å². The zero-order chi connectivity index (χ0) is 32.7. The molecule has 2 aromatic rings. The molecule has 0 bridgehead atoms. The summed E-state index contributed by atoms with van der Waals surface area (Å²) in [7, 11) is 3.90. The van der Waals surface area contributed by atoms with Crippen molar-refractivity contribution in [2.75, 3.05) is 33.7 Å². The average molecular weight is 621 g/mol. The van der Waals surface area contributed by atoms with Gasteiger partial charge in [-0.2, -0.15) is 0 Å². The van der Waals surface area contributed by atoms with Crippen molar-refractivity contribution in [3.63, 3.8) is 0 Å². The van der Waals surface area contributed by atoms with Crippen molar-refractivity contribution in [3.05, 3.63) is 59.7 Å². The molecule has 0 radical (unpaired) electrons. The maximum Gasteiger partial charge on any atom is 0.573 e. The highest BCUT2D eigenvalue weighted by molar-refractivity contribution is 6.03. The third kappa shape index (κ3) is 8.02. The molecule has 0 saturated carbocycles. The average Bonchev–Trinajstić information content (AvgIpc) is 2.97. The molecule has 12 heteroatoms. The molecule has 1 saturated heterocycles. The fourth-order valence-corrected chi connectivity index (χ4v) is 5.34. The Morgan fingerprint density at radius 2 is 1.55 bits per heavy atom. The summed E-state index contributed by atoms with van der Waals surface area (Å²) in [4.78, 5) is 44.8. The van der Waals surface area contributed by atoms with Crippen molar-refractivity contribution in [1.29, 1.82) is 0 Å². The number of carbonyl (C=O) groups is 3. The van der Waals surface area contributed by atoms with E-state index in [0.29, 0.717) is 55.6 Å². The molecule has 0 aliphatic carbocycles. The van der Waals surface area contributed by atoms with Gasteiger partial charge in [-0.25, -0.2) is 9.69 Å². The lowest BCUT2D eigenvalue weighted by Crippen LogP contribution is -2.73. The fraction of sp³-hybridized carbons (Fsp3) is 0.531. The Labute approximate surface area is 257 Å². The molecular weight excluding hydrogens is 577 g/mol. The van der Waals surface area contributed by atoms with Crippen molar-refractivity contribution in [3.8, 4) is 11.5 Å². The predicted octanol–water partition coefficient (Wildman–Crippen LogP) is 6.21. The van der Waals surface area contributed by atoms with Crippen molar-refractivity contribution in [2.45, 2.75) is 72.0 Å². The van der Waals surface area contributed by atoms with E-state index in [9.17, 15) is 27.6 Å². The third-order valence-electron chi connectivity index (χ3n) is 8.06. The number of rotatable bonds is 14. The monoisotopic (exact) mass is 620 g/mol. The lowest BCUT2D eigenvalue weighted by atomic mass is 9.72. The Kier molecular flexibility index (Phi) is 11.7. The molecule has 1 aliphatic heterocycles. The molecule has 0 aromatic heterocycles. The quantitative estimate of drug-likeness (QED) is 0.253. The van der Waals surface area contributed by atoms with Crippen LogP contribution in [0, 0.1) is 5.41 Å². The molecule has 3 rings (SSSR count). The molecule has 1 aliphatic rings. The topological polar surface area (TPSA) is 91.4 Å². The van der Waals surface area contributed by atoms with Gasteiger partial charge in [0.25, 0.3) is 5.91 Å². The molecule has 44 heavy (non-hydrogen) atoms. The lowest BCUT2D eigenvalue weighted by Gasteiger charge is -2.53. The minimum Gasteiger partial charge on any atom is -0.469 e. The molecule has 9 nitrogen and oxygen atoms in total. The molecule has 1 fully saturated rings. The van der Waals surface area contributed by atoms with E-state index in [1.807, 2.05) is 46.7 Å². The molecule has 2 aromatic carbocycles. The zero-order valence-corrected chi connectivity index (χ0v) is 26.2. The summed E-state index contributed by atoms with van der Waals surface area (Å²) in [6.07, 6.45) is -3.64. The van der Waals surface area contributed by atoms with E-state index in [0.717, 1.165) is 11.4 Å². The van der Waals surface area contributed by atoms with Crippen LogP contribution in [-0.2, 0) is 4.79 Å². The number of halogens is 3. The van der Waals surface area contributed by atoms with Gasteiger partial charge in [0.2, 0.25) is 5.91 Å². The van der Waals surface area contributed by atoms with E-state index >= 15 is 0 Å². The summed E-state index contributed by atoms with van der Waals surface area (Å²) in [5.74, 6) is -0.420. The van der Waals surface area contributed by atoms with E-state index in [1.165, 1.54) is 24.3 Å². The number of nitrogens with zero attached hydrogens (tertiary/aromatic N) is 3. The number of ether oxygens (including phenoxy) is 2. The van der Waals surface area contributed by atoms with Crippen molar-refractivity contribution in [1.82, 2.24) is 20.0 Å². The molecular formula is C32H43F3N4O5. The molecule has 4 amide bonds. The Morgan fingerprint density at radius 1 is 0.955 bits per heavy atom. The highest BCUT2D eigenvalue weighted by atomic mass is 19.4. The number of likely N-dealkylation sites (tertiary alicyclic amines) is 1. The maximum atomic E-state index is 13.5. The number of hydrogen-bond acceptors (Lipinski definition) is 6. The highest BCUT2D eigenvalue weighted by Gasteiger charge is 2.63. The summed E-state index contributed by atoms with van der Waals surface area (Å²) in [5.41, 5.74) is 0.168. The van der Waals surface area contributed by atoms with Crippen LogP contribution in [0.5, 0.6) is 11.5 Å². The second-order valence-corrected chi connectivity index (χ2v) is 11.1. The number of alkyl halides is 3. The van der Waals surface area contributed by atoms with Crippen LogP contribution >= 0.6 is 0 Å². The van der Waals surface area contributed by atoms with Gasteiger partial charge < -0.3 is 24.6 Å². The van der Waals surface area contributed by atoms with Gasteiger partial charge in [-0.15, -0.1) is 13.2 Å². The van der Waals surface area contributed by atoms with Crippen LogP contribution in [0.1, 0.15) is 75.3 Å². The number of benzene rings is 2. The Balaban J connectivity index is 1.78. The number of hydrogen-bond donors (Lipinski definition) is 1. The molecule has 2 atom stereocenters. The smallest absolute Gasteiger partial charge is 0.469 e. The van der Waals surface area contributed by atoms with Crippen LogP contribution in [0.4, 0.5) is 18.0 Å². The first-order valence-electron chi connectivity index (χ1n) is 15.0. The van der Waals surface area contributed by atoms with Crippen LogP contribution < -0.4 is 14.8 Å². The standard InChI is InChI=1S/C32H43F3N4O5/c1-7-11-26(22-12-18-25(19-13-22)44-32(33,34)35)36-30(42)39-28(41)31(8-2,9-3)29(39)43-24-16-14-23(15-17-24)27(40)38(10-4)21-20-37(5)6/h12-19,26,29H,7-11,20-21H2,1-6H3,(H,36,42). The predicted molar refractivity (Wildman–Crippen MR) is 160 cm³/mol. The van der Waals surface area contributed by atoms with Gasteiger partial charge in [0.1, 0.15) is 16.9 Å². The SMILES string of the molecule is CCCC(NC(=O)N1C(=O)C(CC)(CC)C1Oc1ccc(C(=O)N(CC)CCN(C)C)cc1)c1ccc(OC(F)(F)F)cc1. The number of nitrogens with one attached hydrogen (secondary N) is 1. The molecule has 1 heterocycles. The van der Waals surface area contributed by atoms with Gasteiger partial charge in [-0.3, -0.25) is 9.59 Å². The summed E-state index contributed by atoms with van der Waals surface area (Å²) in [6, 6.07) is 10.7. The van der Waals surface area contributed by atoms with Gasteiger partial charge in [0.05, 0.1) is 6.04 Å². The number of carbonyl (C=O) groups excluding carboxylic acids is 3. The van der Waals surface area contributed by atoms with E-state index < -0.39 is 30.1 Å². The Hall–Kier alpha value is -3.80. The van der Waals surface area contributed by atoms with Crippen molar-refractivity contribution in [2.24, 2.45) is 5.41 Å². The largest absolute Gasteiger partial charge is 0.573 e. The van der Waals surface area contributed by atoms with Gasteiger partial charge in [0, 0.05) is 25.2 Å². The van der Waals surface area contributed by atoms with E-state index in [1.54, 1.807) is 29.2 Å². The van der Waals surface area contributed by atoms with Crippen molar-refractivity contribution < 1.29 is 37.0 Å². The molecule has 0 spiro atoms. The number of amides is 4. The minimum atomic E-state index is -4.81. The second kappa shape index (κ2) is 14.8. The number of urea groups is 1. The van der Waals surface area contributed by atoms with Gasteiger partial charge in [-0.1, -0.05) is 39.3 Å². The van der Waals surface area contributed by atoms with Crippen LogP contribution in [-0.4, -0.2) is 78.9 Å². The second-order valence-electron chi connectivity index (χ2n) is 11.1. The summed E-state index contributed by atoms with van der Waals surface area (Å²) in [5, 5.41) is 2.87. The zero-order valence-electron chi connectivity index (χ0n) is 26.2. The van der Waals surface area contributed by atoms with E-state index in [-0.39, 0.29) is 17.6 Å². The highest BCUT2D eigenvalue weighted by Crippen LogP contribution is 2.46. The summed E-state index contributed by atoms with van der Waals surface area (Å²) < 4.78 is 48.0.